The number of Topliss-reactive ketones (excluding diaryl/α,β-unsaturated/α-hetero) is 2. The first-order valence-corrected chi connectivity index (χ1v) is 46.7. The van der Waals surface area contributed by atoms with Gasteiger partial charge in [-0.25, -0.2) is 19.2 Å². The standard InChI is InChI=1S/C33H51NO5Si2.C30H43NO5Si.C20H33NO4Si/c1-24(2)41(25(3)4,33(5,6)7)39-32(37)34-29(22-27-19-15-12-16-20-27)30(35)23-28(31(36)38-40(8,9)10)21-26-17-13-11-14-18-26;1-21(2)37(22(3)4,30(5,6)7)36-29(35)31-26(19-24-16-12-9-13-17-24)27(32)20-25(28(33)34)18-23-14-10-8-11-15-23;1-14(2)26(15(3)4,20(5,6)7)25-19(24)21-17(18(22)23)13-16-11-9-8-10-12-16/h11-20,24-25,28-29H,21-23H2,1-10H3,(H,34,37);8-17,21-22,25-26H,18-20H2,1-7H3,(H,31,35)(H,33,34);8-12,14-15,17H,13H2,1-7H3,(H,21,24)(H,22,23)/t28-,29+;25-,26+;17-/m110/s1. The first-order chi connectivity index (χ1) is 48.1. The molecule has 5 atom stereocenters. The van der Waals surface area contributed by atoms with Gasteiger partial charge < -0.3 is 43.9 Å². The Morgan fingerprint density at radius 3 is 0.769 bits per heavy atom. The molecule has 5 aromatic rings. The van der Waals surface area contributed by atoms with E-state index in [-0.39, 0.29) is 98.0 Å². The average Bonchev–Trinajstić information content (AvgIpc) is 0.780. The number of carboxylic acids is 2. The molecule has 17 nitrogen and oxygen atoms in total. The second-order valence-corrected chi connectivity index (χ2v) is 54.9. The molecule has 3 amide bonds. The number of ketones is 2. The molecule has 0 saturated heterocycles. The van der Waals surface area contributed by atoms with Crippen molar-refractivity contribution in [2.75, 3.05) is 0 Å². The van der Waals surface area contributed by atoms with Crippen LogP contribution in [-0.2, 0) is 73.8 Å². The number of carbonyl (C=O) groups is 8. The Morgan fingerprint density at radius 2 is 0.548 bits per heavy atom. The molecule has 0 spiro atoms. The van der Waals surface area contributed by atoms with Crippen molar-refractivity contribution in [2.45, 2.75) is 276 Å². The van der Waals surface area contributed by atoms with Crippen molar-refractivity contribution < 1.29 is 66.3 Å². The summed E-state index contributed by atoms with van der Waals surface area (Å²) < 4.78 is 24.6. The predicted octanol–water partition coefficient (Wildman–Crippen LogP) is 19.9. The fourth-order valence-corrected chi connectivity index (χ4v) is 34.6. The number of hydrogen-bond acceptors (Lipinski definition) is 12. The van der Waals surface area contributed by atoms with Gasteiger partial charge in [0, 0.05) is 19.3 Å². The minimum Gasteiger partial charge on any atom is -0.520 e. The van der Waals surface area contributed by atoms with Crippen molar-refractivity contribution in [3.63, 3.8) is 0 Å². The summed E-state index contributed by atoms with van der Waals surface area (Å²) in [6.45, 7) is 50.1. The number of rotatable bonds is 32. The summed E-state index contributed by atoms with van der Waals surface area (Å²) in [7, 11) is -9.95. The quantitative estimate of drug-likeness (QED) is 0.0251. The number of carbonyl (C=O) groups excluding carboxylic acids is 6. The van der Waals surface area contributed by atoms with Gasteiger partial charge in [-0.15, -0.1) is 0 Å². The predicted molar refractivity (Wildman–Crippen MR) is 429 cm³/mol. The van der Waals surface area contributed by atoms with Crippen LogP contribution in [0.5, 0.6) is 0 Å². The van der Waals surface area contributed by atoms with E-state index in [4.69, 9.17) is 17.7 Å². The van der Waals surface area contributed by atoms with E-state index in [0.29, 0.717) is 12.8 Å². The Labute approximate surface area is 627 Å². The molecule has 0 aliphatic carbocycles. The van der Waals surface area contributed by atoms with E-state index in [9.17, 15) is 48.6 Å². The van der Waals surface area contributed by atoms with Crippen molar-refractivity contribution in [2.24, 2.45) is 11.8 Å². The molecule has 5 aromatic carbocycles. The van der Waals surface area contributed by atoms with Crippen LogP contribution < -0.4 is 16.0 Å². The molecule has 0 aliphatic heterocycles. The van der Waals surface area contributed by atoms with Crippen LogP contribution in [0.3, 0.4) is 0 Å². The van der Waals surface area contributed by atoms with Gasteiger partial charge in [-0.05, 0) is 122 Å². The van der Waals surface area contributed by atoms with E-state index < -0.39 is 93.4 Å². The van der Waals surface area contributed by atoms with Gasteiger partial charge in [0.25, 0.3) is 30.9 Å². The molecule has 0 aromatic heterocycles. The van der Waals surface area contributed by atoms with E-state index >= 15 is 0 Å². The first-order valence-electron chi connectivity index (χ1n) is 37.1. The summed E-state index contributed by atoms with van der Waals surface area (Å²) in [5.74, 6) is -4.53. The van der Waals surface area contributed by atoms with Crippen LogP contribution in [-0.4, -0.2) is 109 Å². The third kappa shape index (κ3) is 26.8. The molecule has 0 radical (unpaired) electrons. The number of carboxylic acid groups (broad SMARTS) is 2. The monoisotopic (exact) mass is 1500 g/mol. The smallest absolute Gasteiger partial charge is 0.394 e. The number of aliphatic carboxylic acids is 2. The van der Waals surface area contributed by atoms with Crippen molar-refractivity contribution >= 4 is 81.0 Å². The number of benzene rings is 5. The Bertz CT molecular complexity index is 3470. The fourth-order valence-electron chi connectivity index (χ4n) is 16.0. The lowest BCUT2D eigenvalue weighted by atomic mass is 9.90. The van der Waals surface area contributed by atoms with Crippen LogP contribution >= 0.6 is 0 Å². The Morgan fingerprint density at radius 1 is 0.327 bits per heavy atom. The molecule has 0 saturated carbocycles. The van der Waals surface area contributed by atoms with E-state index in [1.54, 1.807) is 0 Å². The van der Waals surface area contributed by atoms with Gasteiger partial charge in [0.15, 0.2) is 11.6 Å². The summed E-state index contributed by atoms with van der Waals surface area (Å²) >= 11 is 0. The minimum absolute atomic E-state index is 0.0355. The lowest BCUT2D eigenvalue weighted by Gasteiger charge is -2.47. The second-order valence-electron chi connectivity index (χ2n) is 33.7. The Balaban J connectivity index is 0.000000415. The van der Waals surface area contributed by atoms with Gasteiger partial charge in [-0.3, -0.25) is 19.2 Å². The molecular weight excluding hydrogens is 1380 g/mol. The van der Waals surface area contributed by atoms with Crippen molar-refractivity contribution in [3.8, 4) is 0 Å². The number of hydrogen-bond donors (Lipinski definition) is 5. The summed E-state index contributed by atoms with van der Waals surface area (Å²) in [6.07, 6.45) is -0.588. The van der Waals surface area contributed by atoms with Gasteiger partial charge in [-0.2, -0.15) is 0 Å². The molecule has 21 heteroatoms. The highest BCUT2D eigenvalue weighted by atomic mass is 28.4. The summed E-state index contributed by atoms with van der Waals surface area (Å²) in [6, 6.07) is 44.5. The van der Waals surface area contributed by atoms with Crippen molar-refractivity contribution in [1.29, 1.82) is 0 Å². The Kier molecular flexibility index (Phi) is 35.2. The molecule has 5 rings (SSSR count). The van der Waals surface area contributed by atoms with Gasteiger partial charge in [0.05, 0.1) is 23.9 Å². The van der Waals surface area contributed by atoms with Gasteiger partial charge in [-0.1, -0.05) is 297 Å². The largest absolute Gasteiger partial charge is 0.520 e. The highest BCUT2D eigenvalue weighted by Crippen LogP contribution is 2.53. The van der Waals surface area contributed by atoms with Crippen LogP contribution in [0, 0.1) is 11.8 Å². The molecule has 5 N–H and O–H groups in total. The van der Waals surface area contributed by atoms with Crippen LogP contribution in [0.25, 0.3) is 0 Å². The number of nitrogens with one attached hydrogen (secondary N) is 3. The van der Waals surface area contributed by atoms with Gasteiger partial charge in [0.1, 0.15) is 6.04 Å². The third-order valence-electron chi connectivity index (χ3n) is 19.9. The average molecular weight is 1500 g/mol. The summed E-state index contributed by atoms with van der Waals surface area (Å²) in [5.41, 5.74) is 5.59. The molecular formula is C83H127N3O14Si4. The zero-order valence-corrected chi connectivity index (χ0v) is 71.0. The number of amides is 3. The van der Waals surface area contributed by atoms with Gasteiger partial charge >= 0.3 is 30.2 Å². The molecule has 0 bridgehead atoms. The molecule has 574 valence electrons. The topological polar surface area (TPSA) is 250 Å². The molecule has 104 heavy (non-hydrogen) atoms. The third-order valence-corrected chi connectivity index (χ3v) is 39.6. The van der Waals surface area contributed by atoms with E-state index in [2.05, 4.69) is 161 Å². The lowest BCUT2D eigenvalue weighted by molar-refractivity contribution is -0.144. The summed E-state index contributed by atoms with van der Waals surface area (Å²) in [5, 5.41) is 27.1. The van der Waals surface area contributed by atoms with E-state index in [1.165, 1.54) is 0 Å². The van der Waals surface area contributed by atoms with E-state index in [1.807, 2.05) is 171 Å². The van der Waals surface area contributed by atoms with Crippen molar-refractivity contribution in [3.05, 3.63) is 179 Å². The molecule has 0 fully saturated rings. The molecule has 0 aliphatic rings. The van der Waals surface area contributed by atoms with Crippen LogP contribution in [0.2, 0.25) is 68.0 Å². The van der Waals surface area contributed by atoms with Crippen LogP contribution in [0.15, 0.2) is 152 Å². The van der Waals surface area contributed by atoms with Crippen LogP contribution in [0.1, 0.15) is 186 Å². The zero-order chi connectivity index (χ0) is 78.9. The molecule has 0 unspecified atom stereocenters. The summed E-state index contributed by atoms with van der Waals surface area (Å²) in [4.78, 5) is 104. The second kappa shape index (κ2) is 40.3. The van der Waals surface area contributed by atoms with Gasteiger partial charge in [0.2, 0.25) is 8.32 Å². The van der Waals surface area contributed by atoms with Crippen LogP contribution in [0.4, 0.5) is 14.4 Å². The minimum atomic E-state index is -2.63. The Hall–Kier alpha value is -7.47. The maximum absolute atomic E-state index is 13.9. The highest BCUT2D eigenvalue weighted by molar-refractivity contribution is 6.81. The zero-order valence-electron chi connectivity index (χ0n) is 67.0. The first kappa shape index (κ1) is 90.7. The maximum Gasteiger partial charge on any atom is 0.394 e. The van der Waals surface area contributed by atoms with E-state index in [0.717, 1.165) is 27.8 Å². The van der Waals surface area contributed by atoms with Crippen molar-refractivity contribution in [1.82, 2.24) is 16.0 Å². The maximum atomic E-state index is 13.9. The SMILES string of the molecule is CC(C)[Si](OC(=O)N[C@@H](Cc1ccccc1)C(=O)C[C@@H](Cc1ccccc1)C(=O)O)(C(C)C)C(C)(C)C.CC(C)[Si](OC(=O)N[C@@H](Cc1ccccc1)C(=O)C[C@@H](Cc1ccccc1)C(=O)O[Si](C)(C)C)(C(C)C)C(C)(C)C.CC(C)[Si](OC(=O)N[C@@H](Cc1ccccc1)C(=O)O)(C(C)C)C(C)(C)C. The molecule has 0 heterocycles. The highest BCUT2D eigenvalue weighted by Gasteiger charge is 2.57. The fraction of sp³-hybridized carbons (Fsp3) is 0.542. The normalized spacial score (nSPS) is 13.8. The lowest BCUT2D eigenvalue weighted by Crippen LogP contribution is -2.56.